The molecule has 0 fully saturated rings. The quantitative estimate of drug-likeness (QED) is 0.614. The van der Waals surface area contributed by atoms with Gasteiger partial charge in [0.2, 0.25) is 0 Å². The average Bonchev–Trinajstić information content (AvgIpc) is 2.68. The smallest absolute Gasteiger partial charge is 0.139 e. The summed E-state index contributed by atoms with van der Waals surface area (Å²) in [5.41, 5.74) is 3.17. The van der Waals surface area contributed by atoms with E-state index >= 15 is 0 Å². The Labute approximate surface area is 163 Å². The Hall–Kier alpha value is -3.21. The number of phenolic OH excluding ortho intramolecular Hbond substituents is 1. The van der Waals surface area contributed by atoms with Gasteiger partial charge in [-0.1, -0.05) is 18.2 Å². The van der Waals surface area contributed by atoms with Crippen LogP contribution < -0.4 is 4.74 Å². The van der Waals surface area contributed by atoms with Gasteiger partial charge in [0.1, 0.15) is 23.1 Å². The van der Waals surface area contributed by atoms with E-state index in [1.165, 1.54) is 12.1 Å². The third kappa shape index (κ3) is 5.16. The van der Waals surface area contributed by atoms with E-state index < -0.39 is 0 Å². The van der Waals surface area contributed by atoms with Gasteiger partial charge in [-0.15, -0.1) is 0 Å². The molecule has 4 nitrogen and oxygen atoms in total. The van der Waals surface area contributed by atoms with Gasteiger partial charge in [0, 0.05) is 41.9 Å². The van der Waals surface area contributed by atoms with Crippen LogP contribution in [0, 0.1) is 5.82 Å². The lowest BCUT2D eigenvalue weighted by Crippen LogP contribution is -2.06. The number of rotatable bonds is 8. The highest BCUT2D eigenvalue weighted by Crippen LogP contribution is 2.32. The normalized spacial score (nSPS) is 10.6. The van der Waals surface area contributed by atoms with Gasteiger partial charge in [-0.2, -0.15) is 0 Å². The number of Topliss-reactive ketones (excluding diaryl/α,β-unsaturated/α-hetero) is 1. The molecule has 0 saturated carbocycles. The third-order valence-corrected chi connectivity index (χ3v) is 4.36. The van der Waals surface area contributed by atoms with E-state index in [9.17, 15) is 14.3 Å². The molecule has 2 aromatic carbocycles. The first-order valence-corrected chi connectivity index (χ1v) is 9.22. The molecule has 0 spiro atoms. The molecule has 1 heterocycles. The molecule has 1 N–H and O–H groups in total. The molecular weight excluding hydrogens is 357 g/mol. The van der Waals surface area contributed by atoms with Crippen LogP contribution in [0.25, 0.3) is 11.1 Å². The highest BCUT2D eigenvalue weighted by Gasteiger charge is 2.10. The van der Waals surface area contributed by atoms with Gasteiger partial charge in [0.15, 0.2) is 0 Å². The van der Waals surface area contributed by atoms with Crippen molar-refractivity contribution in [3.8, 4) is 22.6 Å². The monoisotopic (exact) mass is 379 g/mol. The largest absolute Gasteiger partial charge is 0.508 e. The zero-order valence-electron chi connectivity index (χ0n) is 15.7. The number of aryl methyl sites for hydroxylation is 1. The minimum Gasteiger partial charge on any atom is -0.508 e. The number of phenols is 1. The summed E-state index contributed by atoms with van der Waals surface area (Å²) in [5.74, 6) is 0.496. The molecule has 0 atom stereocenters. The van der Waals surface area contributed by atoms with Crippen LogP contribution in [0.3, 0.4) is 0 Å². The van der Waals surface area contributed by atoms with Gasteiger partial charge in [-0.3, -0.25) is 9.78 Å². The summed E-state index contributed by atoms with van der Waals surface area (Å²) in [6.07, 6.45) is 2.80. The molecule has 28 heavy (non-hydrogen) atoms. The molecular formula is C23H22FNO3. The Bertz CT molecular complexity index is 954. The van der Waals surface area contributed by atoms with Gasteiger partial charge >= 0.3 is 0 Å². The first-order chi connectivity index (χ1) is 13.5. The van der Waals surface area contributed by atoms with Crippen LogP contribution in [0.5, 0.6) is 11.5 Å². The van der Waals surface area contributed by atoms with E-state index in [-0.39, 0.29) is 23.8 Å². The van der Waals surface area contributed by atoms with Crippen molar-refractivity contribution in [2.24, 2.45) is 0 Å². The maximum atomic E-state index is 13.2. The summed E-state index contributed by atoms with van der Waals surface area (Å²) in [7, 11) is 0. The predicted molar refractivity (Wildman–Crippen MR) is 106 cm³/mol. The van der Waals surface area contributed by atoms with Crippen LogP contribution in [-0.2, 0) is 17.6 Å². The minimum atomic E-state index is -0.289. The molecule has 1 aromatic heterocycles. The zero-order valence-corrected chi connectivity index (χ0v) is 15.7. The minimum absolute atomic E-state index is 0.0594. The Kier molecular flexibility index (Phi) is 6.37. The molecule has 0 radical (unpaired) electrons. The molecule has 3 aromatic rings. The average molecular weight is 379 g/mol. The highest BCUT2D eigenvalue weighted by atomic mass is 19.1. The van der Waals surface area contributed by atoms with E-state index in [1.807, 2.05) is 25.1 Å². The lowest BCUT2D eigenvalue weighted by Gasteiger charge is -2.11. The lowest BCUT2D eigenvalue weighted by atomic mass is 10.0. The Morgan fingerprint density at radius 2 is 2.00 bits per heavy atom. The molecule has 0 bridgehead atoms. The lowest BCUT2D eigenvalue weighted by molar-refractivity contribution is -0.118. The molecule has 0 aliphatic heterocycles. The second-order valence-electron chi connectivity index (χ2n) is 6.50. The summed E-state index contributed by atoms with van der Waals surface area (Å²) < 4.78 is 18.8. The van der Waals surface area contributed by atoms with Crippen molar-refractivity contribution in [2.75, 3.05) is 6.61 Å². The van der Waals surface area contributed by atoms with Crippen molar-refractivity contribution < 1.29 is 19.0 Å². The summed E-state index contributed by atoms with van der Waals surface area (Å²) >= 11 is 0. The summed E-state index contributed by atoms with van der Waals surface area (Å²) in [5, 5.41) is 9.65. The number of ketones is 1. The summed E-state index contributed by atoms with van der Waals surface area (Å²) in [6, 6.07) is 15.0. The number of pyridine rings is 1. The van der Waals surface area contributed by atoms with E-state index in [0.29, 0.717) is 30.9 Å². The molecule has 0 amide bonds. The number of carbonyl (C=O) groups excluding carboxylic acids is 1. The van der Waals surface area contributed by atoms with Crippen LogP contribution in [0.15, 0.2) is 60.8 Å². The standard InChI is InChI=1S/C23H22FNO3/c1-2-28-23-14-21(27)10-11-22(23)17-7-8-19(25-15-17)13-20(26)9-6-16-4-3-5-18(24)12-16/h3-5,7-8,10-12,14-15,27H,2,6,9,13H2,1H3. The van der Waals surface area contributed by atoms with Crippen LogP contribution in [0.1, 0.15) is 24.6 Å². The van der Waals surface area contributed by atoms with E-state index in [4.69, 9.17) is 4.74 Å². The van der Waals surface area contributed by atoms with Crippen molar-refractivity contribution >= 4 is 5.78 Å². The number of ether oxygens (including phenoxy) is 1. The number of nitrogens with zero attached hydrogens (tertiary/aromatic N) is 1. The maximum Gasteiger partial charge on any atom is 0.139 e. The molecule has 3 rings (SSSR count). The number of hydrogen-bond acceptors (Lipinski definition) is 4. The Morgan fingerprint density at radius 1 is 1.14 bits per heavy atom. The fourth-order valence-corrected chi connectivity index (χ4v) is 2.98. The van der Waals surface area contributed by atoms with Gasteiger partial charge in [-0.25, -0.2) is 4.39 Å². The zero-order chi connectivity index (χ0) is 19.9. The van der Waals surface area contributed by atoms with Crippen molar-refractivity contribution in [2.45, 2.75) is 26.2 Å². The highest BCUT2D eigenvalue weighted by molar-refractivity contribution is 5.81. The van der Waals surface area contributed by atoms with Crippen molar-refractivity contribution in [1.82, 2.24) is 4.98 Å². The second kappa shape index (κ2) is 9.13. The fourth-order valence-electron chi connectivity index (χ4n) is 2.98. The predicted octanol–water partition coefficient (Wildman–Crippen LogP) is 4.74. The van der Waals surface area contributed by atoms with Crippen molar-refractivity contribution in [3.05, 3.63) is 77.9 Å². The molecule has 0 unspecified atom stereocenters. The maximum absolute atomic E-state index is 13.2. The van der Waals surface area contributed by atoms with Crippen LogP contribution >= 0.6 is 0 Å². The number of aromatic hydroxyl groups is 1. The Balaban J connectivity index is 1.64. The topological polar surface area (TPSA) is 59.4 Å². The molecule has 0 aliphatic rings. The third-order valence-electron chi connectivity index (χ3n) is 4.36. The fraction of sp³-hybridized carbons (Fsp3) is 0.217. The van der Waals surface area contributed by atoms with E-state index in [1.54, 1.807) is 30.5 Å². The first kappa shape index (κ1) is 19.5. The first-order valence-electron chi connectivity index (χ1n) is 9.22. The molecule has 0 aliphatic carbocycles. The number of halogens is 1. The van der Waals surface area contributed by atoms with Gasteiger partial charge in [0.05, 0.1) is 6.61 Å². The number of benzene rings is 2. The van der Waals surface area contributed by atoms with Gasteiger partial charge in [0.25, 0.3) is 0 Å². The van der Waals surface area contributed by atoms with E-state index in [0.717, 1.165) is 16.7 Å². The number of hydrogen-bond donors (Lipinski definition) is 1. The van der Waals surface area contributed by atoms with Crippen molar-refractivity contribution in [3.63, 3.8) is 0 Å². The van der Waals surface area contributed by atoms with E-state index in [2.05, 4.69) is 4.98 Å². The molecule has 0 saturated heterocycles. The van der Waals surface area contributed by atoms with Crippen LogP contribution in [0.2, 0.25) is 0 Å². The van der Waals surface area contributed by atoms with Crippen molar-refractivity contribution in [1.29, 1.82) is 0 Å². The SMILES string of the molecule is CCOc1cc(O)ccc1-c1ccc(CC(=O)CCc2cccc(F)c2)nc1. The van der Waals surface area contributed by atoms with Crippen LogP contribution in [0.4, 0.5) is 4.39 Å². The number of aromatic nitrogens is 1. The summed E-state index contributed by atoms with van der Waals surface area (Å²) in [6.45, 7) is 2.37. The van der Waals surface area contributed by atoms with Gasteiger partial charge in [-0.05, 0) is 49.2 Å². The second-order valence-corrected chi connectivity index (χ2v) is 6.50. The van der Waals surface area contributed by atoms with Gasteiger partial charge < -0.3 is 9.84 Å². The Morgan fingerprint density at radius 3 is 2.71 bits per heavy atom. The summed E-state index contributed by atoms with van der Waals surface area (Å²) in [4.78, 5) is 16.6. The number of carbonyl (C=O) groups is 1. The molecule has 144 valence electrons. The van der Waals surface area contributed by atoms with Crippen LogP contribution in [-0.4, -0.2) is 22.5 Å². The molecule has 5 heteroatoms.